The van der Waals surface area contributed by atoms with Gasteiger partial charge in [0, 0.05) is 35.3 Å². The first-order chi connectivity index (χ1) is 17.5. The number of methoxy groups -OCH3 is 1. The lowest BCUT2D eigenvalue weighted by Crippen LogP contribution is -2.10. The number of aliphatic carboxylic acids is 1. The van der Waals surface area contributed by atoms with E-state index in [9.17, 15) is 22.4 Å². The summed E-state index contributed by atoms with van der Waals surface area (Å²) in [5, 5.41) is 9.37. The van der Waals surface area contributed by atoms with Crippen molar-refractivity contribution in [1.29, 1.82) is 0 Å². The molecule has 0 atom stereocenters. The molecule has 0 radical (unpaired) electrons. The Labute approximate surface area is 213 Å². The van der Waals surface area contributed by atoms with Crippen LogP contribution in [-0.4, -0.2) is 37.7 Å². The lowest BCUT2D eigenvalue weighted by Gasteiger charge is -2.12. The summed E-state index contributed by atoms with van der Waals surface area (Å²) in [5.41, 5.74) is 1.86. The molecule has 0 saturated heterocycles. The van der Waals surface area contributed by atoms with Gasteiger partial charge < -0.3 is 14.4 Å². The van der Waals surface area contributed by atoms with Crippen molar-refractivity contribution in [3.8, 4) is 16.9 Å². The molecule has 0 fully saturated rings. The molecule has 3 aromatic heterocycles. The summed E-state index contributed by atoms with van der Waals surface area (Å²) in [4.78, 5) is 23.7. The number of alkyl halides is 3. The molecule has 4 aromatic rings. The number of thioether (sulfide) groups is 1. The fourth-order valence-corrected chi connectivity index (χ4v) is 4.61. The number of nitrogens with zero attached hydrogens (tertiary/aromatic N) is 4. The number of carbonyl (C=O) groups is 1. The van der Waals surface area contributed by atoms with Gasteiger partial charge in [-0.1, -0.05) is 23.9 Å². The van der Waals surface area contributed by atoms with E-state index in [0.29, 0.717) is 38.6 Å². The maximum atomic E-state index is 13.9. The molecular formula is C25H22F4N4O3S. The van der Waals surface area contributed by atoms with Gasteiger partial charge in [-0.15, -0.1) is 0 Å². The van der Waals surface area contributed by atoms with Crippen molar-refractivity contribution in [2.24, 2.45) is 0 Å². The molecule has 0 aliphatic rings. The summed E-state index contributed by atoms with van der Waals surface area (Å²) >= 11 is 1.27. The van der Waals surface area contributed by atoms with Crippen molar-refractivity contribution < 1.29 is 32.2 Å². The minimum atomic E-state index is -4.66. The molecule has 1 aromatic carbocycles. The van der Waals surface area contributed by atoms with Gasteiger partial charge in [-0.2, -0.15) is 13.2 Å². The Hall–Kier alpha value is -3.67. The highest BCUT2D eigenvalue weighted by molar-refractivity contribution is 7.98. The third-order valence-electron chi connectivity index (χ3n) is 5.58. The fraction of sp³-hybridized carbons (Fsp3) is 0.280. The Morgan fingerprint density at radius 1 is 1.19 bits per heavy atom. The second-order valence-corrected chi connectivity index (χ2v) is 9.43. The normalized spacial score (nSPS) is 11.9. The van der Waals surface area contributed by atoms with E-state index in [1.807, 2.05) is 18.4 Å². The second kappa shape index (κ2) is 10.4. The number of pyridine rings is 1. The quantitative estimate of drug-likeness (QED) is 0.165. The zero-order chi connectivity index (χ0) is 26.9. The van der Waals surface area contributed by atoms with E-state index in [-0.39, 0.29) is 11.6 Å². The van der Waals surface area contributed by atoms with Gasteiger partial charge in [0.05, 0.1) is 25.2 Å². The van der Waals surface area contributed by atoms with Gasteiger partial charge in [0.2, 0.25) is 0 Å². The molecule has 0 amide bonds. The summed E-state index contributed by atoms with van der Waals surface area (Å²) in [6.45, 7) is 3.92. The third-order valence-corrected chi connectivity index (χ3v) is 6.51. The van der Waals surface area contributed by atoms with E-state index in [1.165, 1.54) is 30.0 Å². The average molecular weight is 535 g/mol. The first-order valence-corrected chi connectivity index (χ1v) is 12.1. The van der Waals surface area contributed by atoms with Crippen LogP contribution in [0.3, 0.4) is 0 Å². The highest BCUT2D eigenvalue weighted by Gasteiger charge is 2.36. The maximum Gasteiger partial charge on any atom is 0.437 e. The lowest BCUT2D eigenvalue weighted by molar-refractivity contribution is -0.142. The van der Waals surface area contributed by atoms with E-state index in [4.69, 9.17) is 9.84 Å². The number of rotatable bonds is 8. The SMILES string of the molecule is COc1cc(-c2cn(C(C)C)c3cnc(SCc4ccc(F)c(CC(=O)O)c4)nc23)cnc1C(F)(F)F. The van der Waals surface area contributed by atoms with Gasteiger partial charge in [-0.05, 0) is 37.1 Å². The monoisotopic (exact) mass is 534 g/mol. The van der Waals surface area contributed by atoms with Gasteiger partial charge in [0.15, 0.2) is 10.9 Å². The molecule has 0 bridgehead atoms. The number of carboxylic acids is 1. The van der Waals surface area contributed by atoms with Crippen molar-refractivity contribution in [2.75, 3.05) is 7.11 Å². The fourth-order valence-electron chi connectivity index (χ4n) is 3.85. The van der Waals surface area contributed by atoms with Crippen molar-refractivity contribution in [2.45, 2.75) is 43.4 Å². The van der Waals surface area contributed by atoms with Gasteiger partial charge in [0.1, 0.15) is 17.1 Å². The first kappa shape index (κ1) is 26.4. The summed E-state index contributed by atoms with van der Waals surface area (Å²) < 4.78 is 60.7. The van der Waals surface area contributed by atoms with Gasteiger partial charge >= 0.3 is 12.1 Å². The van der Waals surface area contributed by atoms with Gasteiger partial charge in [-0.25, -0.2) is 19.3 Å². The molecule has 7 nitrogen and oxygen atoms in total. The van der Waals surface area contributed by atoms with Crippen molar-refractivity contribution in [3.63, 3.8) is 0 Å². The van der Waals surface area contributed by atoms with Crippen LogP contribution < -0.4 is 4.74 Å². The zero-order valence-corrected chi connectivity index (χ0v) is 20.8. The van der Waals surface area contributed by atoms with Crippen LogP contribution >= 0.6 is 11.8 Å². The van der Waals surface area contributed by atoms with Crippen LogP contribution in [0.15, 0.2) is 48.0 Å². The number of carboxylic acid groups (broad SMARTS) is 1. The van der Waals surface area contributed by atoms with Crippen molar-refractivity contribution in [1.82, 2.24) is 19.5 Å². The Morgan fingerprint density at radius 2 is 1.95 bits per heavy atom. The van der Waals surface area contributed by atoms with Crippen LogP contribution in [0.1, 0.15) is 36.7 Å². The summed E-state index contributed by atoms with van der Waals surface area (Å²) in [7, 11) is 1.15. The van der Waals surface area contributed by atoms with Crippen LogP contribution in [0.4, 0.5) is 17.6 Å². The lowest BCUT2D eigenvalue weighted by atomic mass is 10.1. The van der Waals surface area contributed by atoms with E-state index < -0.39 is 35.8 Å². The average Bonchev–Trinajstić information content (AvgIpc) is 3.22. The molecule has 4 rings (SSSR count). The van der Waals surface area contributed by atoms with E-state index in [0.717, 1.165) is 13.3 Å². The number of ether oxygens (including phenoxy) is 1. The van der Waals surface area contributed by atoms with Crippen molar-refractivity contribution in [3.05, 3.63) is 65.5 Å². The number of aromatic nitrogens is 4. The molecule has 3 heterocycles. The van der Waals surface area contributed by atoms with Crippen LogP contribution in [-0.2, 0) is 23.1 Å². The molecule has 194 valence electrons. The van der Waals surface area contributed by atoms with E-state index in [2.05, 4.69) is 15.0 Å². The summed E-state index contributed by atoms with van der Waals surface area (Å²) in [6, 6.07) is 5.59. The molecule has 12 heteroatoms. The number of halogens is 4. The predicted octanol–water partition coefficient (Wildman–Crippen LogP) is 6.16. The van der Waals surface area contributed by atoms with Crippen LogP contribution in [0, 0.1) is 5.82 Å². The molecule has 0 aliphatic heterocycles. The summed E-state index contributed by atoms with van der Waals surface area (Å²) in [6.07, 6.45) is -0.512. The Morgan fingerprint density at radius 3 is 2.59 bits per heavy atom. The molecule has 1 N–H and O–H groups in total. The maximum absolute atomic E-state index is 13.9. The molecule has 0 saturated carbocycles. The topological polar surface area (TPSA) is 90.1 Å². The highest BCUT2D eigenvalue weighted by Crippen LogP contribution is 2.39. The second-order valence-electron chi connectivity index (χ2n) is 8.49. The molecule has 0 aliphatic carbocycles. The molecule has 37 heavy (non-hydrogen) atoms. The van der Waals surface area contributed by atoms with Crippen LogP contribution in [0.25, 0.3) is 22.2 Å². The standard InChI is InChI=1S/C25H22F4N4O3S/c1-13(2)33-11-17(16-7-20(36-3)23(30-9-16)25(27,28)29)22-19(33)10-31-24(32-22)37-12-14-4-5-18(26)15(6-14)8-21(34)35/h4-7,9-11,13H,8,12H2,1-3H3,(H,34,35). The Bertz CT molecular complexity index is 1470. The molecule has 0 unspecified atom stereocenters. The molecular weight excluding hydrogens is 512 g/mol. The van der Waals surface area contributed by atoms with E-state index >= 15 is 0 Å². The van der Waals surface area contributed by atoms with E-state index in [1.54, 1.807) is 18.5 Å². The highest BCUT2D eigenvalue weighted by atomic mass is 32.2. The smallest absolute Gasteiger partial charge is 0.437 e. The third kappa shape index (κ3) is 5.68. The zero-order valence-electron chi connectivity index (χ0n) is 20.0. The number of benzene rings is 1. The van der Waals surface area contributed by atoms with Crippen LogP contribution in [0.2, 0.25) is 0 Å². The number of hydrogen-bond acceptors (Lipinski definition) is 6. The molecule has 0 spiro atoms. The number of fused-ring (bicyclic) bond motifs is 1. The first-order valence-electron chi connectivity index (χ1n) is 11.1. The van der Waals surface area contributed by atoms with Crippen molar-refractivity contribution >= 4 is 28.8 Å². The minimum absolute atomic E-state index is 0.0227. The van der Waals surface area contributed by atoms with Gasteiger partial charge in [-0.3, -0.25) is 4.79 Å². The Balaban J connectivity index is 1.71. The summed E-state index contributed by atoms with van der Waals surface area (Å²) in [5.74, 6) is -1.76. The number of hydrogen-bond donors (Lipinski definition) is 1. The van der Waals surface area contributed by atoms with Gasteiger partial charge in [0.25, 0.3) is 0 Å². The minimum Gasteiger partial charge on any atom is -0.494 e. The van der Waals surface area contributed by atoms with Crippen LogP contribution in [0.5, 0.6) is 5.75 Å². The Kier molecular flexibility index (Phi) is 7.39. The predicted molar refractivity (Wildman–Crippen MR) is 130 cm³/mol. The largest absolute Gasteiger partial charge is 0.494 e.